The van der Waals surface area contributed by atoms with Crippen molar-refractivity contribution in [3.63, 3.8) is 0 Å². The molecule has 0 fully saturated rings. The van der Waals surface area contributed by atoms with E-state index in [1.807, 2.05) is 36.1 Å². The molecule has 0 aliphatic rings. The first-order valence-corrected chi connectivity index (χ1v) is 7.21. The fourth-order valence-corrected chi connectivity index (χ4v) is 2.38. The zero-order valence-electron chi connectivity index (χ0n) is 12.9. The molecular formula is C18H21F2N. The Hall–Kier alpha value is -1.90. The van der Waals surface area contributed by atoms with E-state index in [1.54, 1.807) is 0 Å². The lowest BCUT2D eigenvalue weighted by atomic mass is 10.0. The van der Waals surface area contributed by atoms with Crippen molar-refractivity contribution >= 4 is 11.4 Å². The van der Waals surface area contributed by atoms with Gasteiger partial charge in [0, 0.05) is 17.8 Å². The second kappa shape index (κ2) is 6.25. The van der Waals surface area contributed by atoms with Crippen LogP contribution < -0.4 is 4.90 Å². The maximum Gasteiger partial charge on any atom is 0.149 e. The van der Waals surface area contributed by atoms with Gasteiger partial charge in [0.15, 0.2) is 0 Å². The van der Waals surface area contributed by atoms with Crippen LogP contribution in [0.25, 0.3) is 0 Å². The second-order valence-electron chi connectivity index (χ2n) is 5.74. The summed E-state index contributed by atoms with van der Waals surface area (Å²) >= 11 is 0. The van der Waals surface area contributed by atoms with Crippen molar-refractivity contribution in [2.75, 3.05) is 4.90 Å². The van der Waals surface area contributed by atoms with Gasteiger partial charge >= 0.3 is 0 Å². The fraction of sp³-hybridized carbons (Fsp3) is 0.333. The van der Waals surface area contributed by atoms with E-state index in [4.69, 9.17) is 0 Å². The van der Waals surface area contributed by atoms with Gasteiger partial charge in [-0.15, -0.1) is 0 Å². The Bertz CT molecular complexity index is 622. The third kappa shape index (κ3) is 3.23. The molecule has 2 rings (SSSR count). The van der Waals surface area contributed by atoms with E-state index in [2.05, 4.69) is 20.8 Å². The van der Waals surface area contributed by atoms with Crippen molar-refractivity contribution in [1.82, 2.24) is 0 Å². The van der Waals surface area contributed by atoms with E-state index in [0.717, 1.165) is 17.3 Å². The minimum absolute atomic E-state index is 0.0889. The average molecular weight is 289 g/mol. The van der Waals surface area contributed by atoms with Crippen molar-refractivity contribution in [1.29, 1.82) is 0 Å². The lowest BCUT2D eigenvalue weighted by Crippen LogP contribution is -2.33. The minimum atomic E-state index is -0.557. The van der Waals surface area contributed by atoms with Gasteiger partial charge in [0.1, 0.15) is 11.6 Å². The molecule has 2 aromatic carbocycles. The molecule has 112 valence electrons. The van der Waals surface area contributed by atoms with Crippen LogP contribution in [0.15, 0.2) is 42.5 Å². The smallest absolute Gasteiger partial charge is 0.149 e. The van der Waals surface area contributed by atoms with E-state index >= 15 is 0 Å². The molecule has 0 aliphatic carbocycles. The highest BCUT2D eigenvalue weighted by atomic mass is 19.1. The van der Waals surface area contributed by atoms with Gasteiger partial charge in [0.25, 0.3) is 0 Å². The van der Waals surface area contributed by atoms with Gasteiger partial charge in [-0.2, -0.15) is 0 Å². The Labute approximate surface area is 125 Å². The SMILES string of the molecule is Cc1ccccc1N(c1ccc(F)cc1F)C(C)C(C)C. The molecule has 2 aromatic rings. The number of rotatable bonds is 4. The minimum Gasteiger partial charge on any atom is -0.336 e. The highest BCUT2D eigenvalue weighted by Gasteiger charge is 2.23. The highest BCUT2D eigenvalue weighted by Crippen LogP contribution is 2.34. The van der Waals surface area contributed by atoms with Crippen molar-refractivity contribution in [2.24, 2.45) is 5.92 Å². The molecule has 0 aliphatic heterocycles. The molecule has 1 unspecified atom stereocenters. The first-order valence-electron chi connectivity index (χ1n) is 7.21. The van der Waals surface area contributed by atoms with Crippen LogP contribution in [0.4, 0.5) is 20.2 Å². The number of hydrogen-bond acceptors (Lipinski definition) is 1. The summed E-state index contributed by atoms with van der Waals surface area (Å²) in [5.74, 6) is -0.766. The van der Waals surface area contributed by atoms with E-state index in [0.29, 0.717) is 11.6 Å². The Balaban J connectivity index is 2.59. The Morgan fingerprint density at radius 1 is 0.905 bits per heavy atom. The lowest BCUT2D eigenvalue weighted by molar-refractivity contribution is 0.507. The van der Waals surface area contributed by atoms with E-state index in [9.17, 15) is 8.78 Å². The van der Waals surface area contributed by atoms with Gasteiger partial charge in [-0.1, -0.05) is 32.0 Å². The summed E-state index contributed by atoms with van der Waals surface area (Å²) in [6, 6.07) is 11.7. The summed E-state index contributed by atoms with van der Waals surface area (Å²) in [5, 5.41) is 0. The largest absolute Gasteiger partial charge is 0.336 e. The molecule has 0 bridgehead atoms. The molecule has 0 spiro atoms. The zero-order valence-corrected chi connectivity index (χ0v) is 12.9. The standard InChI is InChI=1S/C18H21F2N/c1-12(2)14(4)21(17-8-6-5-7-13(17)3)18-10-9-15(19)11-16(18)20/h5-12,14H,1-4H3. The number of benzene rings is 2. The summed E-state index contributed by atoms with van der Waals surface area (Å²) in [6.45, 7) is 8.24. The van der Waals surface area contributed by atoms with Crippen LogP contribution in [0, 0.1) is 24.5 Å². The molecule has 1 atom stereocenters. The monoisotopic (exact) mass is 289 g/mol. The number of halogens is 2. The van der Waals surface area contributed by atoms with Gasteiger partial charge in [-0.05, 0) is 43.5 Å². The lowest BCUT2D eigenvalue weighted by Gasteiger charge is -2.35. The summed E-state index contributed by atoms with van der Waals surface area (Å²) < 4.78 is 27.5. The summed E-state index contributed by atoms with van der Waals surface area (Å²) in [6.07, 6.45) is 0. The average Bonchev–Trinajstić information content (AvgIpc) is 2.43. The van der Waals surface area contributed by atoms with E-state index in [-0.39, 0.29) is 6.04 Å². The van der Waals surface area contributed by atoms with E-state index in [1.165, 1.54) is 12.1 Å². The normalized spacial score (nSPS) is 12.5. The van der Waals surface area contributed by atoms with Gasteiger partial charge in [0.05, 0.1) is 5.69 Å². The summed E-state index contributed by atoms with van der Waals surface area (Å²) in [4.78, 5) is 1.95. The van der Waals surface area contributed by atoms with Gasteiger partial charge in [-0.25, -0.2) is 8.78 Å². The molecule has 0 N–H and O–H groups in total. The predicted molar refractivity (Wildman–Crippen MR) is 84.0 cm³/mol. The quantitative estimate of drug-likeness (QED) is 0.722. The molecule has 1 nitrogen and oxygen atoms in total. The molecule has 0 heterocycles. The first-order chi connectivity index (χ1) is 9.91. The molecule has 21 heavy (non-hydrogen) atoms. The number of para-hydroxylation sites is 1. The van der Waals surface area contributed by atoms with Crippen molar-refractivity contribution in [3.8, 4) is 0 Å². The number of aryl methyl sites for hydroxylation is 1. The van der Waals surface area contributed by atoms with Crippen LogP contribution in [-0.2, 0) is 0 Å². The molecule has 3 heteroatoms. The Morgan fingerprint density at radius 3 is 2.14 bits per heavy atom. The number of anilines is 2. The number of nitrogens with zero attached hydrogens (tertiary/aromatic N) is 1. The van der Waals surface area contributed by atoms with Crippen LogP contribution in [0.3, 0.4) is 0 Å². The fourth-order valence-electron chi connectivity index (χ4n) is 2.38. The van der Waals surface area contributed by atoms with Crippen molar-refractivity contribution < 1.29 is 8.78 Å². The van der Waals surface area contributed by atoms with Crippen LogP contribution >= 0.6 is 0 Å². The Kier molecular flexibility index (Phi) is 4.61. The van der Waals surface area contributed by atoms with Crippen molar-refractivity contribution in [2.45, 2.75) is 33.7 Å². The third-order valence-corrected chi connectivity index (χ3v) is 3.92. The molecule has 0 radical (unpaired) electrons. The maximum absolute atomic E-state index is 14.3. The zero-order chi connectivity index (χ0) is 15.6. The van der Waals surface area contributed by atoms with Crippen molar-refractivity contribution in [3.05, 3.63) is 59.7 Å². The molecule has 0 saturated heterocycles. The van der Waals surface area contributed by atoms with Crippen LogP contribution in [0.2, 0.25) is 0 Å². The summed E-state index contributed by atoms with van der Waals surface area (Å²) in [7, 11) is 0. The topological polar surface area (TPSA) is 3.24 Å². The molecule has 0 amide bonds. The van der Waals surface area contributed by atoms with Crippen LogP contribution in [0.1, 0.15) is 26.3 Å². The molecular weight excluding hydrogens is 268 g/mol. The van der Waals surface area contributed by atoms with Crippen LogP contribution in [-0.4, -0.2) is 6.04 Å². The first kappa shape index (κ1) is 15.5. The van der Waals surface area contributed by atoms with Gasteiger partial charge < -0.3 is 4.90 Å². The van der Waals surface area contributed by atoms with Crippen LogP contribution in [0.5, 0.6) is 0 Å². The highest BCUT2D eigenvalue weighted by molar-refractivity contribution is 5.67. The molecule has 0 aromatic heterocycles. The van der Waals surface area contributed by atoms with E-state index < -0.39 is 11.6 Å². The second-order valence-corrected chi connectivity index (χ2v) is 5.74. The maximum atomic E-state index is 14.3. The predicted octanol–water partition coefficient (Wildman–Crippen LogP) is 5.46. The molecule has 0 saturated carbocycles. The third-order valence-electron chi connectivity index (χ3n) is 3.92. The Morgan fingerprint density at radius 2 is 1.57 bits per heavy atom. The van der Waals surface area contributed by atoms with Gasteiger partial charge in [-0.3, -0.25) is 0 Å². The number of hydrogen-bond donors (Lipinski definition) is 0. The van der Waals surface area contributed by atoms with Gasteiger partial charge in [0.2, 0.25) is 0 Å². The summed E-state index contributed by atoms with van der Waals surface area (Å²) in [5.41, 5.74) is 2.42.